The van der Waals surface area contributed by atoms with Crippen LogP contribution < -0.4 is 4.72 Å². The van der Waals surface area contributed by atoms with Crippen LogP contribution in [0.25, 0.3) is 6.08 Å². The topological polar surface area (TPSA) is 89.5 Å². The van der Waals surface area contributed by atoms with Crippen LogP contribution in [0.1, 0.15) is 28.4 Å². The van der Waals surface area contributed by atoms with Gasteiger partial charge in [-0.05, 0) is 23.6 Å². The molecule has 7 heteroatoms. The number of Topliss-reactive ketones (excluding diaryl/α,β-unsaturated/α-hetero) is 1. The zero-order valence-electron chi connectivity index (χ0n) is 14.9. The van der Waals surface area contributed by atoms with Crippen molar-refractivity contribution in [1.29, 1.82) is 0 Å². The SMILES string of the molecule is CCc1ccc(C(=O)COC(=O)CNS(=O)(=O)/C=C/c2ccccc2)cc1. The first-order chi connectivity index (χ1) is 12.9. The predicted octanol–water partition coefficient (Wildman–Crippen LogP) is 2.57. The zero-order valence-corrected chi connectivity index (χ0v) is 15.7. The minimum atomic E-state index is -3.79. The second kappa shape index (κ2) is 9.80. The number of carbonyl (C=O) groups excluding carboxylic acids is 2. The Bertz CT molecular complexity index is 903. The minimum absolute atomic E-state index is 0.349. The molecule has 0 radical (unpaired) electrons. The second-order valence-corrected chi connectivity index (χ2v) is 7.36. The molecule has 0 aliphatic carbocycles. The van der Waals surface area contributed by atoms with E-state index in [9.17, 15) is 18.0 Å². The lowest BCUT2D eigenvalue weighted by Gasteiger charge is -2.06. The van der Waals surface area contributed by atoms with Gasteiger partial charge in [-0.15, -0.1) is 0 Å². The summed E-state index contributed by atoms with van der Waals surface area (Å²) in [4.78, 5) is 23.7. The van der Waals surface area contributed by atoms with Crippen LogP contribution in [0.15, 0.2) is 60.0 Å². The normalized spacial score (nSPS) is 11.4. The number of hydrogen-bond donors (Lipinski definition) is 1. The quantitative estimate of drug-likeness (QED) is 0.528. The van der Waals surface area contributed by atoms with Crippen LogP contribution in [-0.2, 0) is 26.0 Å². The first kappa shape index (κ1) is 20.5. The average molecular weight is 387 g/mol. The summed E-state index contributed by atoms with van der Waals surface area (Å²) in [6.07, 6.45) is 2.28. The molecule has 0 heterocycles. The molecule has 0 unspecified atom stereocenters. The number of rotatable bonds is 9. The van der Waals surface area contributed by atoms with Crippen molar-refractivity contribution in [3.63, 3.8) is 0 Å². The molecule has 0 aromatic heterocycles. The maximum absolute atomic E-state index is 12.0. The van der Waals surface area contributed by atoms with E-state index in [4.69, 9.17) is 4.74 Å². The molecule has 0 atom stereocenters. The predicted molar refractivity (Wildman–Crippen MR) is 104 cm³/mol. The number of benzene rings is 2. The van der Waals surface area contributed by atoms with E-state index >= 15 is 0 Å². The zero-order chi connectivity index (χ0) is 19.7. The number of nitrogens with one attached hydrogen (secondary N) is 1. The van der Waals surface area contributed by atoms with Crippen LogP contribution in [0.5, 0.6) is 0 Å². The highest BCUT2D eigenvalue weighted by Crippen LogP contribution is 2.06. The summed E-state index contributed by atoms with van der Waals surface area (Å²) in [6, 6.07) is 15.9. The Morgan fingerprint density at radius 2 is 1.70 bits per heavy atom. The number of hydrogen-bond acceptors (Lipinski definition) is 5. The van der Waals surface area contributed by atoms with Crippen molar-refractivity contribution in [3.8, 4) is 0 Å². The second-order valence-electron chi connectivity index (χ2n) is 5.71. The molecule has 27 heavy (non-hydrogen) atoms. The fourth-order valence-electron chi connectivity index (χ4n) is 2.15. The van der Waals surface area contributed by atoms with E-state index in [2.05, 4.69) is 4.72 Å². The number of sulfonamides is 1. The van der Waals surface area contributed by atoms with Gasteiger partial charge in [0.2, 0.25) is 10.0 Å². The third kappa shape index (κ3) is 7.16. The summed E-state index contributed by atoms with van der Waals surface area (Å²) < 4.78 is 30.7. The molecule has 0 bridgehead atoms. The molecular formula is C20H21NO5S. The number of ether oxygens (including phenoxy) is 1. The molecule has 0 saturated heterocycles. The highest BCUT2D eigenvalue weighted by atomic mass is 32.2. The summed E-state index contributed by atoms with van der Waals surface area (Å²) in [5.74, 6) is -1.18. The van der Waals surface area contributed by atoms with Crippen molar-refractivity contribution in [2.24, 2.45) is 0 Å². The third-order valence-corrected chi connectivity index (χ3v) is 4.75. The van der Waals surface area contributed by atoms with Gasteiger partial charge in [-0.1, -0.05) is 61.5 Å². The van der Waals surface area contributed by atoms with Gasteiger partial charge in [0.05, 0.1) is 0 Å². The molecule has 2 rings (SSSR count). The van der Waals surface area contributed by atoms with Gasteiger partial charge in [-0.2, -0.15) is 0 Å². The molecular weight excluding hydrogens is 366 g/mol. The van der Waals surface area contributed by atoms with Gasteiger partial charge in [0.1, 0.15) is 6.54 Å². The monoisotopic (exact) mass is 387 g/mol. The van der Waals surface area contributed by atoms with E-state index in [1.54, 1.807) is 36.4 Å². The number of aryl methyl sites for hydroxylation is 1. The molecule has 0 amide bonds. The summed E-state index contributed by atoms with van der Waals surface area (Å²) in [7, 11) is -3.79. The highest BCUT2D eigenvalue weighted by molar-refractivity contribution is 7.92. The Hall–Kier alpha value is -2.77. The molecule has 0 fully saturated rings. The third-order valence-electron chi connectivity index (χ3n) is 3.71. The Labute approximate surface area is 158 Å². The van der Waals surface area contributed by atoms with E-state index in [0.29, 0.717) is 11.1 Å². The number of ketones is 1. The lowest BCUT2D eigenvalue weighted by atomic mass is 10.1. The summed E-state index contributed by atoms with van der Waals surface area (Å²) >= 11 is 0. The van der Waals surface area contributed by atoms with Crippen molar-refractivity contribution in [1.82, 2.24) is 4.72 Å². The van der Waals surface area contributed by atoms with Crippen LogP contribution >= 0.6 is 0 Å². The summed E-state index contributed by atoms with van der Waals surface area (Å²) in [5.41, 5.74) is 2.25. The average Bonchev–Trinajstić information content (AvgIpc) is 2.70. The first-order valence-electron chi connectivity index (χ1n) is 8.40. The molecule has 2 aromatic carbocycles. The fourth-order valence-corrected chi connectivity index (χ4v) is 2.90. The van der Waals surface area contributed by atoms with E-state index in [0.717, 1.165) is 17.4 Å². The lowest BCUT2D eigenvalue weighted by molar-refractivity contribution is -0.141. The van der Waals surface area contributed by atoms with Gasteiger partial charge < -0.3 is 4.74 Å². The number of esters is 1. The van der Waals surface area contributed by atoms with Crippen molar-refractivity contribution < 1.29 is 22.7 Å². The Morgan fingerprint density at radius 3 is 2.33 bits per heavy atom. The largest absolute Gasteiger partial charge is 0.456 e. The lowest BCUT2D eigenvalue weighted by Crippen LogP contribution is -2.30. The van der Waals surface area contributed by atoms with Crippen molar-refractivity contribution in [3.05, 3.63) is 76.7 Å². The highest BCUT2D eigenvalue weighted by Gasteiger charge is 2.13. The maximum Gasteiger partial charge on any atom is 0.321 e. The Kier molecular flexibility index (Phi) is 7.45. The van der Waals surface area contributed by atoms with Crippen molar-refractivity contribution in [2.75, 3.05) is 13.2 Å². The van der Waals surface area contributed by atoms with Crippen LogP contribution in [0.3, 0.4) is 0 Å². The molecule has 0 aliphatic rings. The van der Waals surface area contributed by atoms with E-state index in [1.165, 1.54) is 6.08 Å². The smallest absolute Gasteiger partial charge is 0.321 e. The van der Waals surface area contributed by atoms with Gasteiger partial charge in [0.15, 0.2) is 12.4 Å². The fraction of sp³-hybridized carbons (Fsp3) is 0.200. The van der Waals surface area contributed by atoms with Gasteiger partial charge in [0, 0.05) is 11.0 Å². The minimum Gasteiger partial charge on any atom is -0.456 e. The molecule has 1 N–H and O–H groups in total. The van der Waals surface area contributed by atoms with Crippen LogP contribution in [0.2, 0.25) is 0 Å². The Balaban J connectivity index is 1.79. The Morgan fingerprint density at radius 1 is 1.04 bits per heavy atom. The van der Waals surface area contributed by atoms with E-state index in [-0.39, 0.29) is 5.78 Å². The standard InChI is InChI=1S/C20H21NO5S/c1-2-16-8-10-18(11-9-16)19(22)15-26-20(23)14-21-27(24,25)13-12-17-6-4-3-5-7-17/h3-13,21H,2,14-15H2,1H3/b13-12+. The molecule has 142 valence electrons. The van der Waals surface area contributed by atoms with Crippen molar-refractivity contribution >= 4 is 27.9 Å². The van der Waals surface area contributed by atoms with Gasteiger partial charge in [-0.25, -0.2) is 13.1 Å². The molecule has 0 aliphatic heterocycles. The van der Waals surface area contributed by atoms with Crippen LogP contribution in [-0.4, -0.2) is 33.3 Å². The van der Waals surface area contributed by atoms with Gasteiger partial charge in [0.25, 0.3) is 0 Å². The molecule has 6 nitrogen and oxygen atoms in total. The first-order valence-corrected chi connectivity index (χ1v) is 9.95. The molecule has 0 saturated carbocycles. The molecule has 2 aromatic rings. The van der Waals surface area contributed by atoms with Crippen molar-refractivity contribution in [2.45, 2.75) is 13.3 Å². The van der Waals surface area contributed by atoms with E-state index < -0.39 is 29.1 Å². The van der Waals surface area contributed by atoms with Crippen LogP contribution in [0.4, 0.5) is 0 Å². The number of carbonyl (C=O) groups is 2. The summed E-state index contributed by atoms with van der Waals surface area (Å²) in [5, 5.41) is 0.968. The van der Waals surface area contributed by atoms with E-state index in [1.807, 2.05) is 25.1 Å². The summed E-state index contributed by atoms with van der Waals surface area (Å²) in [6.45, 7) is 1.02. The molecule has 0 spiro atoms. The van der Waals surface area contributed by atoms with Crippen LogP contribution in [0, 0.1) is 0 Å². The maximum atomic E-state index is 12.0. The van der Waals surface area contributed by atoms with Gasteiger partial charge >= 0.3 is 5.97 Å². The van der Waals surface area contributed by atoms with Gasteiger partial charge in [-0.3, -0.25) is 9.59 Å².